The molecule has 1 atom stereocenters. The summed E-state index contributed by atoms with van der Waals surface area (Å²) in [6.07, 6.45) is 7.37. The van der Waals surface area contributed by atoms with Crippen molar-refractivity contribution in [3.8, 4) is 0 Å². The highest BCUT2D eigenvalue weighted by atomic mass is 16.5. The van der Waals surface area contributed by atoms with Crippen LogP contribution in [0.15, 0.2) is 0 Å². The Morgan fingerprint density at radius 1 is 1.28 bits per heavy atom. The molecule has 4 nitrogen and oxygen atoms in total. The average Bonchev–Trinajstić information content (AvgIpc) is 2.89. The van der Waals surface area contributed by atoms with E-state index >= 15 is 0 Å². The number of hydrogen-bond donors (Lipinski definition) is 1. The molecule has 0 aromatic heterocycles. The minimum absolute atomic E-state index is 0.217. The molecule has 0 spiro atoms. The molecule has 0 bridgehead atoms. The Hall–Kier alpha value is -0.610. The predicted molar refractivity (Wildman–Crippen MR) is 69.0 cm³/mol. The zero-order valence-corrected chi connectivity index (χ0v) is 11.1. The fourth-order valence-corrected chi connectivity index (χ4v) is 3.30. The van der Waals surface area contributed by atoms with Crippen LogP contribution < -0.4 is 5.73 Å². The summed E-state index contributed by atoms with van der Waals surface area (Å²) in [5.74, 6) is 0.744. The molecule has 2 aliphatic carbocycles. The Kier molecular flexibility index (Phi) is 3.32. The molecule has 0 aromatic carbocycles. The first-order chi connectivity index (χ1) is 8.69. The molecule has 0 radical (unpaired) electrons. The van der Waals surface area contributed by atoms with E-state index in [9.17, 15) is 4.79 Å². The number of ether oxygens (including phenoxy) is 1. The molecule has 4 heteroatoms. The maximum Gasteiger partial charge on any atom is 0.242 e. The van der Waals surface area contributed by atoms with Crippen molar-refractivity contribution < 1.29 is 9.53 Å². The van der Waals surface area contributed by atoms with E-state index in [0.29, 0.717) is 12.0 Å². The summed E-state index contributed by atoms with van der Waals surface area (Å²) in [5.41, 5.74) is 5.77. The molecule has 18 heavy (non-hydrogen) atoms. The van der Waals surface area contributed by atoms with Gasteiger partial charge in [0, 0.05) is 25.1 Å². The lowest BCUT2D eigenvalue weighted by Gasteiger charge is -2.33. The van der Waals surface area contributed by atoms with E-state index in [0.717, 1.165) is 64.7 Å². The van der Waals surface area contributed by atoms with E-state index in [1.165, 1.54) is 0 Å². The van der Waals surface area contributed by atoms with Gasteiger partial charge in [-0.2, -0.15) is 0 Å². The van der Waals surface area contributed by atoms with Gasteiger partial charge >= 0.3 is 0 Å². The van der Waals surface area contributed by atoms with E-state index in [4.69, 9.17) is 10.5 Å². The predicted octanol–water partition coefficient (Wildman–Crippen LogP) is 1.29. The Morgan fingerprint density at radius 3 is 2.56 bits per heavy atom. The maximum absolute atomic E-state index is 12.7. The normalized spacial score (nSPS) is 30.6. The highest BCUT2D eigenvalue weighted by molar-refractivity contribution is 5.87. The molecule has 2 saturated carbocycles. The first-order valence-electron chi connectivity index (χ1n) is 7.37. The van der Waals surface area contributed by atoms with Crippen LogP contribution in [-0.2, 0) is 9.53 Å². The van der Waals surface area contributed by atoms with Gasteiger partial charge in [-0.3, -0.25) is 4.79 Å². The quantitative estimate of drug-likeness (QED) is 0.820. The summed E-state index contributed by atoms with van der Waals surface area (Å²) >= 11 is 0. The highest BCUT2D eigenvalue weighted by Gasteiger charge is 2.44. The number of amides is 1. The van der Waals surface area contributed by atoms with E-state index in [1.807, 2.05) is 0 Å². The van der Waals surface area contributed by atoms with Gasteiger partial charge in [-0.25, -0.2) is 0 Å². The molecule has 1 heterocycles. The zero-order chi connectivity index (χ0) is 12.6. The Morgan fingerprint density at radius 2 is 2.00 bits per heavy atom. The van der Waals surface area contributed by atoms with Crippen LogP contribution in [0.25, 0.3) is 0 Å². The van der Waals surface area contributed by atoms with E-state index < -0.39 is 5.54 Å². The van der Waals surface area contributed by atoms with Crippen LogP contribution in [0.5, 0.6) is 0 Å². The number of hydrogen-bond acceptors (Lipinski definition) is 3. The van der Waals surface area contributed by atoms with Crippen molar-refractivity contribution in [3.63, 3.8) is 0 Å². The van der Waals surface area contributed by atoms with Crippen LogP contribution in [0.4, 0.5) is 0 Å². The van der Waals surface area contributed by atoms with Crippen LogP contribution in [0.1, 0.15) is 44.9 Å². The first kappa shape index (κ1) is 12.4. The highest BCUT2D eigenvalue weighted by Crippen LogP contribution is 2.35. The van der Waals surface area contributed by atoms with Crippen molar-refractivity contribution in [1.82, 2.24) is 4.90 Å². The van der Waals surface area contributed by atoms with Gasteiger partial charge in [0.1, 0.15) is 0 Å². The molecule has 1 unspecified atom stereocenters. The molecule has 0 aromatic rings. The van der Waals surface area contributed by atoms with Crippen LogP contribution in [-0.4, -0.2) is 42.1 Å². The Labute approximate surface area is 109 Å². The summed E-state index contributed by atoms with van der Waals surface area (Å²) in [6.45, 7) is 2.53. The molecule has 3 aliphatic rings. The molecule has 3 rings (SSSR count). The van der Waals surface area contributed by atoms with Crippen LogP contribution >= 0.6 is 0 Å². The second-order valence-corrected chi connectivity index (χ2v) is 6.28. The lowest BCUT2D eigenvalue weighted by molar-refractivity contribution is -0.138. The van der Waals surface area contributed by atoms with Gasteiger partial charge in [-0.15, -0.1) is 0 Å². The second-order valence-electron chi connectivity index (χ2n) is 6.28. The minimum Gasteiger partial charge on any atom is -0.381 e. The van der Waals surface area contributed by atoms with E-state index in [1.54, 1.807) is 0 Å². The topological polar surface area (TPSA) is 55.6 Å². The summed E-state index contributed by atoms with van der Waals surface area (Å²) < 4.78 is 5.42. The van der Waals surface area contributed by atoms with Crippen molar-refractivity contribution in [1.29, 1.82) is 0 Å². The summed E-state index contributed by atoms with van der Waals surface area (Å²) in [5, 5.41) is 0. The minimum atomic E-state index is -0.554. The first-order valence-corrected chi connectivity index (χ1v) is 7.37. The zero-order valence-electron chi connectivity index (χ0n) is 11.1. The van der Waals surface area contributed by atoms with Gasteiger partial charge in [0.25, 0.3) is 0 Å². The van der Waals surface area contributed by atoms with E-state index in [2.05, 4.69) is 4.90 Å². The third kappa shape index (κ3) is 2.41. The molecular weight excluding hydrogens is 228 g/mol. The fraction of sp³-hybridized carbons (Fsp3) is 0.929. The molecule has 3 fully saturated rings. The molecule has 1 amide bonds. The summed E-state index contributed by atoms with van der Waals surface area (Å²) in [4.78, 5) is 14.8. The largest absolute Gasteiger partial charge is 0.381 e. The van der Waals surface area contributed by atoms with Gasteiger partial charge in [0.15, 0.2) is 0 Å². The lowest BCUT2D eigenvalue weighted by Crippen LogP contribution is -2.55. The van der Waals surface area contributed by atoms with Crippen LogP contribution in [0.3, 0.4) is 0 Å². The molecule has 1 aliphatic heterocycles. The smallest absolute Gasteiger partial charge is 0.242 e. The number of carbonyl (C=O) groups is 1. The Bertz CT molecular complexity index is 316. The molecule has 1 saturated heterocycles. The number of nitrogens with zero attached hydrogens (tertiary/aromatic N) is 1. The van der Waals surface area contributed by atoms with Crippen molar-refractivity contribution in [3.05, 3.63) is 0 Å². The lowest BCUT2D eigenvalue weighted by atomic mass is 9.96. The van der Waals surface area contributed by atoms with Crippen molar-refractivity contribution >= 4 is 5.91 Å². The van der Waals surface area contributed by atoms with E-state index in [-0.39, 0.29) is 5.91 Å². The SMILES string of the molecule is NC1(C(=O)N(CC2CCOC2)C2CC2)CCCC1. The Balaban J connectivity index is 1.66. The maximum atomic E-state index is 12.7. The van der Waals surface area contributed by atoms with Gasteiger partial charge < -0.3 is 15.4 Å². The van der Waals surface area contributed by atoms with Crippen LogP contribution in [0, 0.1) is 5.92 Å². The number of nitrogens with two attached hydrogens (primary N) is 1. The standard InChI is InChI=1S/C14H24N2O2/c15-14(6-1-2-7-14)13(17)16(12-3-4-12)9-11-5-8-18-10-11/h11-12H,1-10,15H2. The third-order valence-electron chi connectivity index (χ3n) is 4.65. The molecule has 2 N–H and O–H groups in total. The summed E-state index contributed by atoms with van der Waals surface area (Å²) in [6, 6.07) is 0.471. The average molecular weight is 252 g/mol. The van der Waals surface area contributed by atoms with Gasteiger partial charge in [0.2, 0.25) is 5.91 Å². The number of carbonyl (C=O) groups excluding carboxylic acids is 1. The van der Waals surface area contributed by atoms with Gasteiger partial charge in [-0.1, -0.05) is 12.8 Å². The van der Waals surface area contributed by atoms with Gasteiger partial charge in [-0.05, 0) is 32.1 Å². The molecular formula is C14H24N2O2. The van der Waals surface area contributed by atoms with Crippen molar-refractivity contribution in [2.75, 3.05) is 19.8 Å². The van der Waals surface area contributed by atoms with Gasteiger partial charge in [0.05, 0.1) is 12.1 Å². The third-order valence-corrected chi connectivity index (χ3v) is 4.65. The fourth-order valence-electron chi connectivity index (χ4n) is 3.30. The molecule has 102 valence electrons. The summed E-state index contributed by atoms with van der Waals surface area (Å²) in [7, 11) is 0. The monoisotopic (exact) mass is 252 g/mol. The second kappa shape index (κ2) is 4.82. The van der Waals surface area contributed by atoms with Crippen LogP contribution in [0.2, 0.25) is 0 Å². The van der Waals surface area contributed by atoms with Crippen molar-refractivity contribution in [2.45, 2.75) is 56.5 Å². The number of rotatable bonds is 4. The van der Waals surface area contributed by atoms with Crippen molar-refractivity contribution in [2.24, 2.45) is 11.7 Å².